The standard InChI is InChI=1S/C21H37N3O/c1-20(2,3)17-13-16(19(25)18(14-17)21(4,5)6)15-24-11-9-22-7-8-23-10-12-24/h13-14,22-23,25H,7-12,15H2,1-6H3. The van der Waals surface area contributed by atoms with E-state index in [0.29, 0.717) is 5.75 Å². The second-order valence-corrected chi connectivity index (χ2v) is 9.31. The SMILES string of the molecule is CC(C)(C)c1cc(CN2CCNCCNCC2)c(O)c(C(C)(C)C)c1. The van der Waals surface area contributed by atoms with Crippen molar-refractivity contribution in [1.29, 1.82) is 0 Å². The summed E-state index contributed by atoms with van der Waals surface area (Å²) in [6, 6.07) is 4.40. The predicted molar refractivity (Wildman–Crippen MR) is 107 cm³/mol. The molecule has 0 atom stereocenters. The number of hydrogen-bond donors (Lipinski definition) is 3. The van der Waals surface area contributed by atoms with Crippen molar-refractivity contribution in [2.75, 3.05) is 39.3 Å². The molecule has 1 aliphatic heterocycles. The number of aromatic hydroxyl groups is 1. The first-order chi connectivity index (χ1) is 11.6. The summed E-state index contributed by atoms with van der Waals surface area (Å²) in [5, 5.41) is 17.9. The summed E-state index contributed by atoms with van der Waals surface area (Å²) in [6.07, 6.45) is 0. The van der Waals surface area contributed by atoms with Gasteiger partial charge in [-0.3, -0.25) is 4.90 Å². The van der Waals surface area contributed by atoms with Gasteiger partial charge >= 0.3 is 0 Å². The lowest BCUT2D eigenvalue weighted by Gasteiger charge is -2.29. The molecule has 2 rings (SSSR count). The van der Waals surface area contributed by atoms with Crippen LogP contribution in [-0.2, 0) is 17.4 Å². The van der Waals surface area contributed by atoms with Gasteiger partial charge in [-0.15, -0.1) is 0 Å². The molecule has 1 heterocycles. The average Bonchev–Trinajstić information content (AvgIpc) is 2.61. The Morgan fingerprint density at radius 2 is 1.44 bits per heavy atom. The summed E-state index contributed by atoms with van der Waals surface area (Å²) < 4.78 is 0. The number of hydrogen-bond acceptors (Lipinski definition) is 4. The Hall–Kier alpha value is -1.10. The number of benzene rings is 1. The zero-order valence-corrected chi connectivity index (χ0v) is 17.0. The molecule has 142 valence electrons. The molecular formula is C21H37N3O. The van der Waals surface area contributed by atoms with Crippen molar-refractivity contribution in [3.8, 4) is 5.75 Å². The molecule has 0 spiro atoms. The molecule has 1 aromatic rings. The molecule has 1 aromatic carbocycles. The Bertz CT molecular complexity index is 560. The molecule has 0 unspecified atom stereocenters. The maximum atomic E-state index is 11.0. The molecular weight excluding hydrogens is 310 g/mol. The third kappa shape index (κ3) is 5.70. The van der Waals surface area contributed by atoms with Crippen LogP contribution < -0.4 is 10.6 Å². The first-order valence-electron chi connectivity index (χ1n) is 9.59. The maximum absolute atomic E-state index is 11.0. The van der Waals surface area contributed by atoms with Gasteiger partial charge in [-0.05, 0) is 22.0 Å². The molecule has 0 bridgehead atoms. The number of nitrogens with one attached hydrogen (secondary N) is 2. The second-order valence-electron chi connectivity index (χ2n) is 9.31. The van der Waals surface area contributed by atoms with Crippen LogP contribution in [0.25, 0.3) is 0 Å². The van der Waals surface area contributed by atoms with Crippen LogP contribution in [0.3, 0.4) is 0 Å². The van der Waals surface area contributed by atoms with Crippen molar-refractivity contribution in [2.45, 2.75) is 58.9 Å². The lowest BCUT2D eigenvalue weighted by molar-refractivity contribution is 0.268. The van der Waals surface area contributed by atoms with Crippen LogP contribution >= 0.6 is 0 Å². The van der Waals surface area contributed by atoms with Crippen molar-refractivity contribution >= 4 is 0 Å². The quantitative estimate of drug-likeness (QED) is 0.770. The van der Waals surface area contributed by atoms with Gasteiger partial charge in [0.25, 0.3) is 0 Å². The molecule has 1 fully saturated rings. The average molecular weight is 348 g/mol. The van der Waals surface area contributed by atoms with E-state index in [1.165, 1.54) is 5.56 Å². The van der Waals surface area contributed by atoms with Crippen LogP contribution in [0, 0.1) is 0 Å². The van der Waals surface area contributed by atoms with Crippen LogP contribution in [0.15, 0.2) is 12.1 Å². The van der Waals surface area contributed by atoms with Gasteiger partial charge in [-0.2, -0.15) is 0 Å². The van der Waals surface area contributed by atoms with Gasteiger partial charge in [-0.25, -0.2) is 0 Å². The highest BCUT2D eigenvalue weighted by Gasteiger charge is 2.25. The van der Waals surface area contributed by atoms with E-state index < -0.39 is 0 Å². The molecule has 3 N–H and O–H groups in total. The summed E-state index contributed by atoms with van der Waals surface area (Å²) in [5.41, 5.74) is 3.40. The second kappa shape index (κ2) is 8.07. The highest BCUT2D eigenvalue weighted by molar-refractivity contribution is 5.48. The van der Waals surface area contributed by atoms with Crippen molar-refractivity contribution in [3.63, 3.8) is 0 Å². The van der Waals surface area contributed by atoms with Crippen LogP contribution in [0.1, 0.15) is 58.2 Å². The van der Waals surface area contributed by atoms with Crippen LogP contribution in [0.4, 0.5) is 0 Å². The van der Waals surface area contributed by atoms with E-state index in [-0.39, 0.29) is 10.8 Å². The molecule has 4 heteroatoms. The summed E-state index contributed by atoms with van der Waals surface area (Å²) in [5.74, 6) is 0.473. The highest BCUT2D eigenvalue weighted by atomic mass is 16.3. The normalized spacial score (nSPS) is 18.5. The zero-order chi connectivity index (χ0) is 18.7. The van der Waals surface area contributed by atoms with E-state index in [2.05, 4.69) is 69.2 Å². The number of rotatable bonds is 2. The van der Waals surface area contributed by atoms with Gasteiger partial charge in [0, 0.05) is 51.4 Å². The molecule has 0 saturated carbocycles. The fourth-order valence-electron chi connectivity index (χ4n) is 3.23. The van der Waals surface area contributed by atoms with Gasteiger partial charge in [-0.1, -0.05) is 53.7 Å². The van der Waals surface area contributed by atoms with Gasteiger partial charge in [0.05, 0.1) is 0 Å². The summed E-state index contributed by atoms with van der Waals surface area (Å²) in [7, 11) is 0. The van der Waals surface area contributed by atoms with E-state index in [9.17, 15) is 5.11 Å². The minimum absolute atomic E-state index is 0.0688. The van der Waals surface area contributed by atoms with Crippen molar-refractivity contribution in [1.82, 2.24) is 15.5 Å². The van der Waals surface area contributed by atoms with Gasteiger partial charge in [0.15, 0.2) is 0 Å². The fraction of sp³-hybridized carbons (Fsp3) is 0.714. The molecule has 0 aromatic heterocycles. The van der Waals surface area contributed by atoms with Gasteiger partial charge in [0.1, 0.15) is 5.75 Å². The summed E-state index contributed by atoms with van der Waals surface area (Å²) >= 11 is 0. The topological polar surface area (TPSA) is 47.5 Å². The zero-order valence-electron chi connectivity index (χ0n) is 17.0. The predicted octanol–water partition coefficient (Wildman–Crippen LogP) is 2.98. The molecule has 0 radical (unpaired) electrons. The highest BCUT2D eigenvalue weighted by Crippen LogP contribution is 2.38. The van der Waals surface area contributed by atoms with Gasteiger partial charge < -0.3 is 15.7 Å². The molecule has 1 aliphatic rings. The first-order valence-corrected chi connectivity index (χ1v) is 9.59. The first kappa shape index (κ1) is 20.2. The van der Waals surface area contributed by atoms with Crippen molar-refractivity contribution in [2.24, 2.45) is 0 Å². The molecule has 4 nitrogen and oxygen atoms in total. The van der Waals surface area contributed by atoms with E-state index in [1.54, 1.807) is 0 Å². The minimum atomic E-state index is -0.0725. The van der Waals surface area contributed by atoms with Gasteiger partial charge in [0.2, 0.25) is 0 Å². The fourth-order valence-corrected chi connectivity index (χ4v) is 3.23. The van der Waals surface area contributed by atoms with E-state index in [0.717, 1.165) is 56.9 Å². The smallest absolute Gasteiger partial charge is 0.123 e. The Morgan fingerprint density at radius 1 is 0.880 bits per heavy atom. The van der Waals surface area contributed by atoms with Crippen molar-refractivity contribution < 1.29 is 5.11 Å². The van der Waals surface area contributed by atoms with Crippen LogP contribution in [0.5, 0.6) is 5.75 Å². The summed E-state index contributed by atoms with van der Waals surface area (Å²) in [6.45, 7) is 20.1. The molecule has 1 saturated heterocycles. The van der Waals surface area contributed by atoms with E-state index in [4.69, 9.17) is 0 Å². The van der Waals surface area contributed by atoms with Crippen molar-refractivity contribution in [3.05, 3.63) is 28.8 Å². The lowest BCUT2D eigenvalue weighted by Crippen LogP contribution is -2.33. The largest absolute Gasteiger partial charge is 0.507 e. The molecule has 0 aliphatic carbocycles. The van der Waals surface area contributed by atoms with Crippen LogP contribution in [0.2, 0.25) is 0 Å². The minimum Gasteiger partial charge on any atom is -0.507 e. The summed E-state index contributed by atoms with van der Waals surface area (Å²) in [4.78, 5) is 2.43. The Kier molecular flexibility index (Phi) is 6.52. The number of nitrogens with zero attached hydrogens (tertiary/aromatic N) is 1. The number of phenolic OH excluding ortho intramolecular Hbond substituents is 1. The lowest BCUT2D eigenvalue weighted by atomic mass is 9.79. The van der Waals surface area contributed by atoms with E-state index in [1.807, 2.05) is 0 Å². The number of phenols is 1. The monoisotopic (exact) mass is 347 g/mol. The Morgan fingerprint density at radius 3 is 1.92 bits per heavy atom. The Labute approximate surface area is 154 Å². The molecule has 0 amide bonds. The Balaban J connectivity index is 2.34. The maximum Gasteiger partial charge on any atom is 0.123 e. The molecule has 25 heavy (non-hydrogen) atoms. The van der Waals surface area contributed by atoms with E-state index >= 15 is 0 Å². The third-order valence-electron chi connectivity index (χ3n) is 4.95. The third-order valence-corrected chi connectivity index (χ3v) is 4.95. The van der Waals surface area contributed by atoms with Crippen LogP contribution in [-0.4, -0.2) is 49.3 Å².